The Morgan fingerprint density at radius 3 is 2.24 bits per heavy atom. The predicted octanol–water partition coefficient (Wildman–Crippen LogP) is 4.89. The van der Waals surface area contributed by atoms with Gasteiger partial charge in [-0.2, -0.15) is 4.98 Å². The number of fused-ring (bicyclic) bond motifs is 1. The Balaban J connectivity index is 1.49. The first kappa shape index (κ1) is 28.9. The van der Waals surface area contributed by atoms with Gasteiger partial charge in [0.15, 0.2) is 17.3 Å². The molecule has 45 heavy (non-hydrogen) atoms. The summed E-state index contributed by atoms with van der Waals surface area (Å²) in [4.78, 5) is 47.9. The number of rotatable bonds is 6. The summed E-state index contributed by atoms with van der Waals surface area (Å²) in [6.45, 7) is 6.88. The number of carbonyl (C=O) groups is 1. The van der Waals surface area contributed by atoms with Crippen LogP contribution < -0.4 is 10.6 Å². The molecule has 3 fully saturated rings. The van der Waals surface area contributed by atoms with E-state index in [0.717, 1.165) is 37.8 Å². The zero-order valence-electron chi connectivity index (χ0n) is 24.7. The molecule has 1 N–H and O–H groups in total. The summed E-state index contributed by atoms with van der Waals surface area (Å²) in [7, 11) is 0. The van der Waals surface area contributed by atoms with Crippen LogP contribution in [0.4, 0.5) is 19.0 Å². The van der Waals surface area contributed by atoms with Crippen molar-refractivity contribution in [2.75, 3.05) is 18.0 Å². The molecule has 10 nitrogen and oxygen atoms in total. The number of hydrogen-bond donors (Lipinski definition) is 1. The molecule has 13 heteroatoms. The minimum Gasteiger partial charge on any atom is -0.507 e. The normalized spacial score (nSPS) is 20.1. The largest absolute Gasteiger partial charge is 0.507 e. The third-order valence-corrected chi connectivity index (χ3v) is 8.81. The monoisotopic (exact) mass is 617 g/mol. The van der Waals surface area contributed by atoms with E-state index < -0.39 is 58.1 Å². The fourth-order valence-electron chi connectivity index (χ4n) is 6.26. The van der Waals surface area contributed by atoms with Crippen LogP contribution in [0, 0.1) is 11.6 Å². The van der Waals surface area contributed by atoms with Gasteiger partial charge in [-0.1, -0.05) is 12.6 Å². The maximum absolute atomic E-state index is 16.0. The number of carbonyl (C=O) groups excluding carboxylic acids is 1. The van der Waals surface area contributed by atoms with E-state index in [1.54, 1.807) is 18.7 Å². The van der Waals surface area contributed by atoms with E-state index in [0.29, 0.717) is 17.1 Å². The first-order valence-corrected chi connectivity index (χ1v) is 14.9. The van der Waals surface area contributed by atoms with Crippen molar-refractivity contribution < 1.29 is 23.1 Å². The van der Waals surface area contributed by atoms with Crippen LogP contribution in [0.3, 0.4) is 0 Å². The van der Waals surface area contributed by atoms with E-state index in [-0.39, 0.29) is 41.8 Å². The summed E-state index contributed by atoms with van der Waals surface area (Å²) in [5.74, 6) is -3.91. The van der Waals surface area contributed by atoms with Crippen molar-refractivity contribution in [1.29, 1.82) is 0 Å². The summed E-state index contributed by atoms with van der Waals surface area (Å²) >= 11 is 0. The molecule has 2 saturated carbocycles. The van der Waals surface area contributed by atoms with Crippen molar-refractivity contribution >= 4 is 22.8 Å². The minimum absolute atomic E-state index is 0.00171. The van der Waals surface area contributed by atoms with E-state index in [4.69, 9.17) is 0 Å². The molecular formula is C32H30F3N7O3. The number of aromatic hydroxyl groups is 1. The molecule has 1 aromatic carbocycles. The highest BCUT2D eigenvalue weighted by atomic mass is 19.1. The number of phenolic OH excluding ortho intramolecular Hbond substituents is 1. The van der Waals surface area contributed by atoms with Gasteiger partial charge >= 0.3 is 5.69 Å². The smallest absolute Gasteiger partial charge is 0.355 e. The fourth-order valence-corrected chi connectivity index (χ4v) is 6.26. The van der Waals surface area contributed by atoms with Crippen molar-refractivity contribution in [3.63, 3.8) is 0 Å². The lowest BCUT2D eigenvalue weighted by Crippen LogP contribution is -2.58. The third-order valence-electron chi connectivity index (χ3n) is 8.81. The number of benzene rings is 1. The van der Waals surface area contributed by atoms with Crippen molar-refractivity contribution in [3.05, 3.63) is 76.5 Å². The van der Waals surface area contributed by atoms with Crippen molar-refractivity contribution in [2.24, 2.45) is 0 Å². The average Bonchev–Trinajstić information content (AvgIpc) is 3.92. The minimum atomic E-state index is -1.08. The summed E-state index contributed by atoms with van der Waals surface area (Å²) in [5, 5.41) is 10.7. The summed E-state index contributed by atoms with van der Waals surface area (Å²) in [6.07, 6.45) is 5.02. The van der Waals surface area contributed by atoms with Gasteiger partial charge in [0.2, 0.25) is 0 Å². The molecule has 0 bridgehead atoms. The van der Waals surface area contributed by atoms with E-state index in [1.165, 1.54) is 27.9 Å². The van der Waals surface area contributed by atoms with E-state index >= 15 is 8.78 Å². The van der Waals surface area contributed by atoms with Crippen LogP contribution >= 0.6 is 0 Å². The van der Waals surface area contributed by atoms with Crippen LogP contribution in [0.1, 0.15) is 62.8 Å². The highest BCUT2D eigenvalue weighted by Gasteiger charge is 2.38. The quantitative estimate of drug-likeness (QED) is 0.304. The molecular weight excluding hydrogens is 587 g/mol. The van der Waals surface area contributed by atoms with Crippen LogP contribution in [0.15, 0.2) is 47.8 Å². The first-order valence-electron chi connectivity index (χ1n) is 14.9. The van der Waals surface area contributed by atoms with Crippen molar-refractivity contribution in [2.45, 2.75) is 63.5 Å². The molecule has 1 aliphatic heterocycles. The summed E-state index contributed by atoms with van der Waals surface area (Å²) in [6, 6.07) is 3.78. The Labute approximate surface area is 255 Å². The summed E-state index contributed by atoms with van der Waals surface area (Å²) in [5.41, 5.74) is 0.173. The number of pyridine rings is 1. The Bertz CT molecular complexity index is 1910. The van der Waals surface area contributed by atoms with E-state index in [2.05, 4.69) is 26.5 Å². The van der Waals surface area contributed by atoms with Gasteiger partial charge in [-0.15, -0.1) is 0 Å². The number of hydrogen-bond acceptors (Lipinski definition) is 8. The van der Waals surface area contributed by atoms with Crippen LogP contribution in [0.5, 0.6) is 5.75 Å². The molecule has 1 amide bonds. The highest BCUT2D eigenvalue weighted by molar-refractivity contribution is 5.92. The van der Waals surface area contributed by atoms with Gasteiger partial charge in [-0.05, 0) is 57.7 Å². The predicted molar refractivity (Wildman–Crippen MR) is 160 cm³/mol. The van der Waals surface area contributed by atoms with E-state index in [1.807, 2.05) is 0 Å². The van der Waals surface area contributed by atoms with Gasteiger partial charge in [-0.25, -0.2) is 37.5 Å². The van der Waals surface area contributed by atoms with Gasteiger partial charge < -0.3 is 14.9 Å². The molecule has 3 aliphatic rings. The lowest BCUT2D eigenvalue weighted by molar-refractivity contribution is -0.131. The Morgan fingerprint density at radius 2 is 1.64 bits per heavy atom. The van der Waals surface area contributed by atoms with Crippen LogP contribution in [-0.4, -0.2) is 65.6 Å². The first-order chi connectivity index (χ1) is 21.5. The topological polar surface area (TPSA) is 117 Å². The highest BCUT2D eigenvalue weighted by Crippen LogP contribution is 2.47. The zero-order valence-corrected chi connectivity index (χ0v) is 24.7. The van der Waals surface area contributed by atoms with Gasteiger partial charge in [0.05, 0.1) is 28.0 Å². The SMILES string of the molecule is C=C(F)C(=O)N1C[C@H](C)N(c2nc(=O)n(-c3c(C4CC4)ncnc3C3CC3)c3nc(-c4c(O)cccc4F)c(F)cc23)C[C@H]1C. The maximum atomic E-state index is 16.0. The number of halogens is 3. The van der Waals surface area contributed by atoms with Gasteiger partial charge in [0, 0.05) is 37.0 Å². The van der Waals surface area contributed by atoms with Crippen LogP contribution in [0.2, 0.25) is 0 Å². The number of aromatic nitrogens is 5. The van der Waals surface area contributed by atoms with Gasteiger partial charge in [-0.3, -0.25) is 4.79 Å². The van der Waals surface area contributed by atoms with Crippen LogP contribution in [-0.2, 0) is 4.79 Å². The molecule has 0 radical (unpaired) electrons. The number of anilines is 1. The molecule has 1 saturated heterocycles. The molecule has 7 rings (SSSR count). The van der Waals surface area contributed by atoms with E-state index in [9.17, 15) is 19.1 Å². The zero-order chi connectivity index (χ0) is 31.7. The molecule has 3 aromatic heterocycles. The fraction of sp³-hybridized carbons (Fsp3) is 0.375. The molecule has 4 heterocycles. The molecule has 2 atom stereocenters. The number of phenols is 1. The van der Waals surface area contributed by atoms with Gasteiger partial charge in [0.1, 0.15) is 29.4 Å². The Kier molecular flexibility index (Phi) is 6.86. The maximum Gasteiger partial charge on any atom is 0.355 e. The number of amides is 1. The number of piperazine rings is 1. The molecule has 2 aliphatic carbocycles. The standard InChI is InChI=1S/C32H30F3N7O3/c1-15-13-41(31(44)17(3)33)16(2)12-40(15)29-20-11-22(35)27(24-21(34)5-4-6-23(24)43)38-30(20)42(32(45)39-29)28-25(18-7-8-18)36-14-37-26(28)19-9-10-19/h4-6,11,14-16,18-19,43H,3,7-10,12-13H2,1-2H3/t15-,16+/m0/s1. The molecule has 4 aromatic rings. The number of nitrogens with zero attached hydrogens (tertiary/aromatic N) is 7. The second kappa shape index (κ2) is 10.7. The third kappa shape index (κ3) is 4.90. The average molecular weight is 618 g/mol. The van der Waals surface area contributed by atoms with Crippen molar-refractivity contribution in [1.82, 2.24) is 29.4 Å². The van der Waals surface area contributed by atoms with Gasteiger partial charge in [0.25, 0.3) is 5.91 Å². The molecule has 0 unspecified atom stereocenters. The second-order valence-electron chi connectivity index (χ2n) is 12.1. The summed E-state index contributed by atoms with van der Waals surface area (Å²) < 4.78 is 46.1. The Hall–Kier alpha value is -4.81. The van der Waals surface area contributed by atoms with Crippen molar-refractivity contribution in [3.8, 4) is 22.7 Å². The molecule has 0 spiro atoms. The second-order valence-corrected chi connectivity index (χ2v) is 12.1. The van der Waals surface area contributed by atoms with Crippen LogP contribution in [0.25, 0.3) is 28.0 Å². The Morgan fingerprint density at radius 1 is 0.978 bits per heavy atom. The molecule has 232 valence electrons. The lowest BCUT2D eigenvalue weighted by Gasteiger charge is -2.44. The lowest BCUT2D eigenvalue weighted by atomic mass is 10.1.